The highest BCUT2D eigenvalue weighted by Gasteiger charge is 1.99. The van der Waals surface area contributed by atoms with Gasteiger partial charge in [-0.1, -0.05) is 18.3 Å². The first-order chi connectivity index (χ1) is 4.86. The molecule has 1 aromatic rings. The summed E-state index contributed by atoms with van der Waals surface area (Å²) in [7, 11) is 1.87. The zero-order valence-electron chi connectivity index (χ0n) is 5.92. The monoisotopic (exact) mass is 175 g/mol. The topological polar surface area (TPSA) is 37.8 Å². The summed E-state index contributed by atoms with van der Waals surface area (Å²) >= 11 is 3.14. The minimum absolute atomic E-state index is 0.974. The highest BCUT2D eigenvalue weighted by Crippen LogP contribution is 2.18. The molecule has 1 heterocycles. The summed E-state index contributed by atoms with van der Waals surface area (Å²) in [6, 6.07) is 0. The third-order valence-electron chi connectivity index (χ3n) is 0.940. The predicted octanol–water partition coefficient (Wildman–Crippen LogP) is 1.33. The van der Waals surface area contributed by atoms with E-state index in [1.807, 2.05) is 7.05 Å². The van der Waals surface area contributed by atoms with Crippen LogP contribution in [0.5, 0.6) is 0 Å². The van der Waals surface area contributed by atoms with Crippen molar-refractivity contribution in [3.8, 4) is 0 Å². The standard InChI is InChI=1S/C5H9N3S2/c1-3-4-7-8-5(9-4)10-6-2/h6H,3H2,1-2H3. The summed E-state index contributed by atoms with van der Waals surface area (Å²) in [5.74, 6) is 0. The van der Waals surface area contributed by atoms with Crippen LogP contribution in [-0.4, -0.2) is 17.2 Å². The second kappa shape index (κ2) is 3.90. The van der Waals surface area contributed by atoms with Crippen LogP contribution in [0.4, 0.5) is 0 Å². The zero-order chi connectivity index (χ0) is 7.40. The molecule has 0 radical (unpaired) electrons. The van der Waals surface area contributed by atoms with Gasteiger partial charge in [0.05, 0.1) is 0 Å². The summed E-state index contributed by atoms with van der Waals surface area (Å²) < 4.78 is 3.93. The van der Waals surface area contributed by atoms with Crippen molar-refractivity contribution in [1.82, 2.24) is 14.9 Å². The number of hydrogen-bond acceptors (Lipinski definition) is 5. The summed E-state index contributed by atoms with van der Waals surface area (Å²) in [6.07, 6.45) is 0.974. The van der Waals surface area contributed by atoms with Crippen molar-refractivity contribution >= 4 is 23.3 Å². The number of rotatable bonds is 3. The Morgan fingerprint density at radius 3 is 2.90 bits per heavy atom. The molecule has 0 saturated heterocycles. The lowest BCUT2D eigenvalue weighted by atomic mass is 10.5. The molecule has 1 N–H and O–H groups in total. The minimum atomic E-state index is 0.974. The van der Waals surface area contributed by atoms with Crippen LogP contribution < -0.4 is 4.72 Å². The fourth-order valence-corrected chi connectivity index (χ4v) is 1.98. The van der Waals surface area contributed by atoms with Crippen molar-refractivity contribution in [3.05, 3.63) is 5.01 Å². The zero-order valence-corrected chi connectivity index (χ0v) is 7.55. The van der Waals surface area contributed by atoms with Crippen molar-refractivity contribution in [1.29, 1.82) is 0 Å². The first-order valence-corrected chi connectivity index (χ1v) is 4.66. The number of hydrogen-bond donors (Lipinski definition) is 1. The van der Waals surface area contributed by atoms with Crippen molar-refractivity contribution in [2.24, 2.45) is 0 Å². The molecule has 1 rings (SSSR count). The Kier molecular flexibility index (Phi) is 3.11. The molecule has 0 fully saturated rings. The quantitative estimate of drug-likeness (QED) is 0.703. The molecule has 5 heteroatoms. The third-order valence-corrected chi connectivity index (χ3v) is 2.76. The molecule has 0 aliphatic heterocycles. The van der Waals surface area contributed by atoms with E-state index < -0.39 is 0 Å². The van der Waals surface area contributed by atoms with Crippen LogP contribution in [0.2, 0.25) is 0 Å². The largest absolute Gasteiger partial charge is 0.261 e. The van der Waals surface area contributed by atoms with Crippen LogP contribution in [0.1, 0.15) is 11.9 Å². The van der Waals surface area contributed by atoms with E-state index in [1.165, 1.54) is 11.9 Å². The Hall–Kier alpha value is -0.130. The predicted molar refractivity (Wildman–Crippen MR) is 44.2 cm³/mol. The third kappa shape index (κ3) is 1.93. The van der Waals surface area contributed by atoms with Crippen LogP contribution >= 0.6 is 23.3 Å². The second-order valence-corrected chi connectivity index (χ2v) is 3.94. The lowest BCUT2D eigenvalue weighted by Gasteiger charge is -1.86. The van der Waals surface area contributed by atoms with Crippen LogP contribution in [0.15, 0.2) is 4.34 Å². The van der Waals surface area contributed by atoms with E-state index in [1.54, 1.807) is 11.3 Å². The maximum absolute atomic E-state index is 3.96. The van der Waals surface area contributed by atoms with Gasteiger partial charge in [0.1, 0.15) is 5.01 Å². The number of aromatic nitrogens is 2. The molecule has 0 atom stereocenters. The van der Waals surface area contributed by atoms with Crippen LogP contribution in [0.25, 0.3) is 0 Å². The van der Waals surface area contributed by atoms with Gasteiger partial charge in [0.15, 0.2) is 4.34 Å². The molecule has 0 bridgehead atoms. The van der Waals surface area contributed by atoms with E-state index in [-0.39, 0.29) is 0 Å². The molecule has 0 aliphatic carbocycles. The van der Waals surface area contributed by atoms with Gasteiger partial charge in [0, 0.05) is 0 Å². The van der Waals surface area contributed by atoms with Gasteiger partial charge in [-0.15, -0.1) is 10.2 Å². The molecule has 1 aromatic heterocycles. The first kappa shape index (κ1) is 7.97. The lowest BCUT2D eigenvalue weighted by molar-refractivity contribution is 0.942. The highest BCUT2D eigenvalue weighted by molar-refractivity contribution is 7.99. The molecule has 0 aliphatic rings. The van der Waals surface area contributed by atoms with E-state index in [0.29, 0.717) is 0 Å². The van der Waals surface area contributed by atoms with Gasteiger partial charge < -0.3 is 0 Å². The van der Waals surface area contributed by atoms with Gasteiger partial charge in [0.25, 0.3) is 0 Å². The molecular weight excluding hydrogens is 166 g/mol. The van der Waals surface area contributed by atoms with E-state index in [4.69, 9.17) is 0 Å². The van der Waals surface area contributed by atoms with Gasteiger partial charge in [0.2, 0.25) is 0 Å². The Morgan fingerprint density at radius 2 is 2.40 bits per heavy atom. The number of aryl methyl sites for hydroxylation is 1. The van der Waals surface area contributed by atoms with Crippen molar-refractivity contribution in [3.63, 3.8) is 0 Å². The Balaban J connectivity index is 2.59. The normalized spacial score (nSPS) is 10.2. The van der Waals surface area contributed by atoms with Gasteiger partial charge in [-0.05, 0) is 25.4 Å². The van der Waals surface area contributed by atoms with Crippen LogP contribution in [0, 0.1) is 0 Å². The van der Waals surface area contributed by atoms with Gasteiger partial charge in [-0.3, -0.25) is 4.72 Å². The molecule has 0 unspecified atom stereocenters. The van der Waals surface area contributed by atoms with Crippen LogP contribution in [-0.2, 0) is 6.42 Å². The first-order valence-electron chi connectivity index (χ1n) is 3.02. The summed E-state index contributed by atoms with van der Waals surface area (Å²) in [5, 5.41) is 9.00. The maximum atomic E-state index is 3.96. The summed E-state index contributed by atoms with van der Waals surface area (Å²) in [4.78, 5) is 0. The lowest BCUT2D eigenvalue weighted by Crippen LogP contribution is -1.89. The molecule has 0 spiro atoms. The molecule has 3 nitrogen and oxygen atoms in total. The molecular formula is C5H9N3S2. The van der Waals surface area contributed by atoms with E-state index >= 15 is 0 Å². The fraction of sp³-hybridized carbons (Fsp3) is 0.600. The van der Waals surface area contributed by atoms with Crippen molar-refractivity contribution in [2.45, 2.75) is 17.7 Å². The molecule has 0 saturated carbocycles. The number of nitrogens with zero attached hydrogens (tertiary/aromatic N) is 2. The van der Waals surface area contributed by atoms with Gasteiger partial charge in [-0.2, -0.15) is 0 Å². The number of nitrogens with one attached hydrogen (secondary N) is 1. The van der Waals surface area contributed by atoms with Crippen molar-refractivity contribution < 1.29 is 0 Å². The average molecular weight is 175 g/mol. The van der Waals surface area contributed by atoms with E-state index in [0.717, 1.165) is 15.8 Å². The van der Waals surface area contributed by atoms with Gasteiger partial charge in [-0.25, -0.2) is 0 Å². The SMILES string of the molecule is CCc1nnc(SNC)s1. The molecule has 56 valence electrons. The highest BCUT2D eigenvalue weighted by atomic mass is 32.2. The van der Waals surface area contributed by atoms with E-state index in [9.17, 15) is 0 Å². The minimum Gasteiger partial charge on any atom is -0.261 e. The fourth-order valence-electron chi connectivity index (χ4n) is 0.510. The van der Waals surface area contributed by atoms with Crippen LogP contribution in [0.3, 0.4) is 0 Å². The summed E-state index contributed by atoms with van der Waals surface area (Å²) in [5.41, 5.74) is 0. The maximum Gasteiger partial charge on any atom is 0.189 e. The average Bonchev–Trinajstić information content (AvgIpc) is 2.37. The molecule has 10 heavy (non-hydrogen) atoms. The molecule has 0 aromatic carbocycles. The Labute approximate surface area is 68.4 Å². The van der Waals surface area contributed by atoms with Gasteiger partial charge >= 0.3 is 0 Å². The smallest absolute Gasteiger partial charge is 0.189 e. The summed E-state index contributed by atoms with van der Waals surface area (Å²) in [6.45, 7) is 2.08. The Bertz CT molecular complexity index is 199. The molecule has 0 amide bonds. The van der Waals surface area contributed by atoms with E-state index in [2.05, 4.69) is 21.8 Å². The second-order valence-electron chi connectivity index (χ2n) is 1.62. The Morgan fingerprint density at radius 1 is 1.60 bits per heavy atom. The van der Waals surface area contributed by atoms with Crippen molar-refractivity contribution in [2.75, 3.05) is 7.05 Å².